The van der Waals surface area contributed by atoms with Gasteiger partial charge in [0.05, 0.1) is 37.3 Å². The van der Waals surface area contributed by atoms with Crippen molar-refractivity contribution in [2.75, 3.05) is 62.0 Å². The third kappa shape index (κ3) is 5.11. The van der Waals surface area contributed by atoms with Gasteiger partial charge < -0.3 is 25.8 Å². The molecule has 2 aliphatic heterocycles. The van der Waals surface area contributed by atoms with Gasteiger partial charge in [-0.2, -0.15) is 14.3 Å². The first kappa shape index (κ1) is 21.5. The smallest absolute Gasteiger partial charge is 0.229 e. The normalized spacial score (nSPS) is 20.5. The molecule has 0 spiro atoms. The van der Waals surface area contributed by atoms with Gasteiger partial charge in [0.2, 0.25) is 27.8 Å². The molecule has 0 radical (unpaired) electrons. The molecule has 0 amide bonds. The maximum Gasteiger partial charge on any atom is 0.229 e. The molecular formula is C18H26N8O4S. The lowest BCUT2D eigenvalue weighted by molar-refractivity contribution is 0.119. The number of piperidine rings is 1. The molecule has 2 aliphatic rings. The number of nitrogens with zero attached hydrogens (tertiary/aromatic N) is 6. The number of morpholine rings is 1. The number of aromatic nitrogens is 4. The predicted molar refractivity (Wildman–Crippen MR) is 115 cm³/mol. The van der Waals surface area contributed by atoms with Crippen molar-refractivity contribution >= 4 is 27.7 Å². The predicted octanol–water partition coefficient (Wildman–Crippen LogP) is -0.263. The third-order valence-electron chi connectivity index (χ3n) is 5.19. The summed E-state index contributed by atoms with van der Waals surface area (Å²) in [4.78, 5) is 19.2. The van der Waals surface area contributed by atoms with Crippen molar-refractivity contribution in [1.29, 1.82) is 0 Å². The van der Waals surface area contributed by atoms with E-state index in [0.29, 0.717) is 62.4 Å². The summed E-state index contributed by atoms with van der Waals surface area (Å²) in [5.41, 5.74) is 12.7. The van der Waals surface area contributed by atoms with Gasteiger partial charge in [-0.15, -0.1) is 0 Å². The Hall–Kier alpha value is -2.77. The second kappa shape index (κ2) is 8.77. The molecule has 13 heteroatoms. The lowest BCUT2D eigenvalue weighted by Gasteiger charge is -2.31. The Morgan fingerprint density at radius 1 is 1.16 bits per heavy atom. The van der Waals surface area contributed by atoms with Crippen molar-refractivity contribution in [3.05, 3.63) is 12.3 Å². The van der Waals surface area contributed by atoms with Crippen LogP contribution in [0.3, 0.4) is 0 Å². The summed E-state index contributed by atoms with van der Waals surface area (Å²) in [5.74, 6) is 1.08. The first-order valence-electron chi connectivity index (χ1n) is 10.0. The highest BCUT2D eigenvalue weighted by Gasteiger charge is 2.28. The summed E-state index contributed by atoms with van der Waals surface area (Å²) in [6.07, 6.45) is 3.84. The molecule has 0 aromatic carbocycles. The fourth-order valence-electron chi connectivity index (χ4n) is 3.60. The molecule has 0 aliphatic carbocycles. The van der Waals surface area contributed by atoms with Crippen molar-refractivity contribution in [3.63, 3.8) is 0 Å². The highest BCUT2D eigenvalue weighted by atomic mass is 32.2. The van der Waals surface area contributed by atoms with Crippen LogP contribution >= 0.6 is 0 Å². The lowest BCUT2D eigenvalue weighted by atomic mass is 10.1. The van der Waals surface area contributed by atoms with E-state index in [1.165, 1.54) is 16.8 Å². The molecule has 2 fully saturated rings. The van der Waals surface area contributed by atoms with Crippen LogP contribution < -0.4 is 21.1 Å². The van der Waals surface area contributed by atoms with E-state index in [0.717, 1.165) is 6.42 Å². The number of nitrogens with two attached hydrogens (primary N) is 2. The van der Waals surface area contributed by atoms with Gasteiger partial charge >= 0.3 is 0 Å². The van der Waals surface area contributed by atoms with Gasteiger partial charge in [0, 0.05) is 31.9 Å². The molecule has 168 valence electrons. The second-order valence-corrected chi connectivity index (χ2v) is 9.50. The highest BCUT2D eigenvalue weighted by Crippen LogP contribution is 2.29. The van der Waals surface area contributed by atoms with E-state index in [1.807, 2.05) is 4.90 Å². The molecule has 4 rings (SSSR count). The molecule has 2 aromatic rings. The molecular weight excluding hydrogens is 424 g/mol. The number of rotatable bonds is 5. The van der Waals surface area contributed by atoms with E-state index < -0.39 is 10.0 Å². The van der Waals surface area contributed by atoms with Gasteiger partial charge in [-0.3, -0.25) is 0 Å². The van der Waals surface area contributed by atoms with Crippen molar-refractivity contribution in [2.24, 2.45) is 0 Å². The number of hydrogen-bond acceptors (Lipinski definition) is 11. The first-order valence-corrected chi connectivity index (χ1v) is 11.9. The highest BCUT2D eigenvalue weighted by molar-refractivity contribution is 7.88. The number of anilines is 3. The van der Waals surface area contributed by atoms with E-state index in [-0.39, 0.29) is 24.4 Å². The summed E-state index contributed by atoms with van der Waals surface area (Å²) in [6.45, 7) is 3.19. The Bertz CT molecular complexity index is 1040. The first-order chi connectivity index (χ1) is 14.8. The summed E-state index contributed by atoms with van der Waals surface area (Å²) >= 11 is 0. The van der Waals surface area contributed by atoms with E-state index in [4.69, 9.17) is 20.9 Å². The van der Waals surface area contributed by atoms with Crippen molar-refractivity contribution in [3.8, 4) is 17.1 Å². The van der Waals surface area contributed by atoms with Crippen molar-refractivity contribution in [1.82, 2.24) is 24.2 Å². The number of nitrogen functional groups attached to an aromatic ring is 2. The number of ether oxygens (including phenoxy) is 2. The van der Waals surface area contributed by atoms with Crippen LogP contribution in [-0.2, 0) is 14.8 Å². The van der Waals surface area contributed by atoms with Gasteiger partial charge in [-0.25, -0.2) is 18.4 Å². The van der Waals surface area contributed by atoms with Crippen LogP contribution in [0.2, 0.25) is 0 Å². The Balaban J connectivity index is 1.66. The van der Waals surface area contributed by atoms with Crippen LogP contribution in [0, 0.1) is 0 Å². The number of hydrogen-bond donors (Lipinski definition) is 2. The van der Waals surface area contributed by atoms with Gasteiger partial charge in [0.15, 0.2) is 0 Å². The Labute approximate surface area is 180 Å². The van der Waals surface area contributed by atoms with E-state index in [2.05, 4.69) is 19.9 Å². The quantitative estimate of drug-likeness (QED) is 0.617. The SMILES string of the molecule is CS(=O)(=O)N1CCC[C@H](Oc2cc(-c3cnc(N)nc3N)nc(N3CCOCC3)n2)C1. The Kier molecular flexibility index (Phi) is 6.07. The van der Waals surface area contributed by atoms with Gasteiger partial charge in [-0.1, -0.05) is 0 Å². The topological polar surface area (TPSA) is 163 Å². The minimum Gasteiger partial charge on any atom is -0.473 e. The molecule has 4 N–H and O–H groups in total. The van der Waals surface area contributed by atoms with Crippen molar-refractivity contribution in [2.45, 2.75) is 18.9 Å². The summed E-state index contributed by atoms with van der Waals surface area (Å²) < 4.78 is 36.8. The maximum atomic E-state index is 11.9. The average molecular weight is 451 g/mol. The molecule has 1 atom stereocenters. The van der Waals surface area contributed by atoms with Crippen LogP contribution in [0.5, 0.6) is 5.88 Å². The summed E-state index contributed by atoms with van der Waals surface area (Å²) in [6, 6.07) is 1.66. The monoisotopic (exact) mass is 450 g/mol. The summed E-state index contributed by atoms with van der Waals surface area (Å²) in [7, 11) is -3.28. The zero-order valence-corrected chi connectivity index (χ0v) is 18.1. The molecule has 12 nitrogen and oxygen atoms in total. The fourth-order valence-corrected chi connectivity index (χ4v) is 4.49. The van der Waals surface area contributed by atoms with Crippen molar-refractivity contribution < 1.29 is 17.9 Å². The van der Waals surface area contributed by atoms with Gasteiger partial charge in [0.25, 0.3) is 0 Å². The van der Waals surface area contributed by atoms with Crippen LogP contribution in [0.4, 0.5) is 17.7 Å². The number of sulfonamides is 1. The van der Waals surface area contributed by atoms with Gasteiger partial charge in [0.1, 0.15) is 11.9 Å². The Morgan fingerprint density at radius 3 is 2.65 bits per heavy atom. The molecule has 4 heterocycles. The molecule has 31 heavy (non-hydrogen) atoms. The Morgan fingerprint density at radius 2 is 1.94 bits per heavy atom. The van der Waals surface area contributed by atoms with Crippen LogP contribution in [0.1, 0.15) is 12.8 Å². The second-order valence-electron chi connectivity index (χ2n) is 7.52. The molecule has 2 aromatic heterocycles. The molecule has 0 bridgehead atoms. The van der Waals surface area contributed by atoms with Crippen LogP contribution in [0.25, 0.3) is 11.3 Å². The van der Waals surface area contributed by atoms with Crippen LogP contribution in [0.15, 0.2) is 12.3 Å². The largest absolute Gasteiger partial charge is 0.473 e. The third-order valence-corrected chi connectivity index (χ3v) is 6.46. The lowest BCUT2D eigenvalue weighted by Crippen LogP contribution is -2.44. The maximum absolute atomic E-state index is 11.9. The molecule has 0 saturated carbocycles. The standard InChI is InChI=1S/C18H26N8O4S/c1-31(27,28)26-4-2-3-12(11-26)30-15-9-14(13-10-21-17(20)24-16(13)19)22-18(23-15)25-5-7-29-8-6-25/h9-10,12H,2-8,11H2,1H3,(H4,19,20,21,24)/t12-/m0/s1. The van der Waals surface area contributed by atoms with Crippen LogP contribution in [-0.4, -0.2) is 84.4 Å². The van der Waals surface area contributed by atoms with Gasteiger partial charge in [-0.05, 0) is 12.8 Å². The molecule has 0 unspecified atom stereocenters. The van der Waals surface area contributed by atoms with E-state index >= 15 is 0 Å². The van der Waals surface area contributed by atoms with E-state index in [9.17, 15) is 8.42 Å². The zero-order chi connectivity index (χ0) is 22.0. The zero-order valence-electron chi connectivity index (χ0n) is 17.3. The fraction of sp³-hybridized carbons (Fsp3) is 0.556. The minimum atomic E-state index is -3.28. The summed E-state index contributed by atoms with van der Waals surface area (Å²) in [5, 5.41) is 0. The average Bonchev–Trinajstić information content (AvgIpc) is 2.74. The minimum absolute atomic E-state index is 0.0725. The van der Waals surface area contributed by atoms with E-state index in [1.54, 1.807) is 6.07 Å². The molecule has 2 saturated heterocycles.